The molecular formula is C11H21N. The van der Waals surface area contributed by atoms with Crippen molar-refractivity contribution in [2.75, 3.05) is 0 Å². The zero-order valence-electron chi connectivity index (χ0n) is 8.13. The van der Waals surface area contributed by atoms with Gasteiger partial charge >= 0.3 is 0 Å². The Morgan fingerprint density at radius 3 is 2.67 bits per heavy atom. The monoisotopic (exact) mass is 167 g/mol. The minimum atomic E-state index is 0.420. The van der Waals surface area contributed by atoms with E-state index in [2.05, 4.69) is 6.92 Å². The first-order chi connectivity index (χ1) is 5.75. The maximum Gasteiger partial charge on any atom is 0.00105 e. The van der Waals surface area contributed by atoms with E-state index in [0.29, 0.717) is 6.04 Å². The van der Waals surface area contributed by atoms with Gasteiger partial charge in [-0.3, -0.25) is 0 Å². The number of rotatable bonds is 3. The molecule has 70 valence electrons. The summed E-state index contributed by atoms with van der Waals surface area (Å²) in [5, 5.41) is 0. The van der Waals surface area contributed by atoms with Crippen molar-refractivity contribution in [3.8, 4) is 0 Å². The van der Waals surface area contributed by atoms with Crippen LogP contribution in [0.5, 0.6) is 0 Å². The molecule has 2 aliphatic carbocycles. The van der Waals surface area contributed by atoms with Gasteiger partial charge in [0.25, 0.3) is 0 Å². The second-order valence-corrected chi connectivity index (χ2v) is 4.99. The summed E-state index contributed by atoms with van der Waals surface area (Å²) in [6.07, 6.45) is 8.77. The van der Waals surface area contributed by atoms with Crippen molar-refractivity contribution in [3.05, 3.63) is 0 Å². The normalized spacial score (nSPS) is 42.0. The van der Waals surface area contributed by atoms with Crippen molar-refractivity contribution in [1.29, 1.82) is 0 Å². The van der Waals surface area contributed by atoms with Gasteiger partial charge in [0.2, 0.25) is 0 Å². The summed E-state index contributed by atoms with van der Waals surface area (Å²) >= 11 is 0. The molecule has 0 aromatic carbocycles. The van der Waals surface area contributed by atoms with E-state index in [4.69, 9.17) is 5.73 Å². The average Bonchev–Trinajstić information content (AvgIpc) is 2.60. The fourth-order valence-electron chi connectivity index (χ4n) is 3.21. The molecule has 0 aromatic rings. The molecule has 0 heterocycles. The van der Waals surface area contributed by atoms with Gasteiger partial charge in [0, 0.05) is 6.04 Å². The van der Waals surface area contributed by atoms with E-state index in [1.165, 1.54) is 32.1 Å². The molecule has 4 atom stereocenters. The Labute approximate surface area is 75.7 Å². The van der Waals surface area contributed by atoms with Gasteiger partial charge in [-0.1, -0.05) is 6.42 Å². The molecular weight excluding hydrogens is 146 g/mol. The first-order valence-electron chi connectivity index (χ1n) is 5.51. The van der Waals surface area contributed by atoms with Gasteiger partial charge in [-0.2, -0.15) is 0 Å². The van der Waals surface area contributed by atoms with E-state index in [0.717, 1.165) is 17.8 Å². The Kier molecular flexibility index (Phi) is 2.40. The van der Waals surface area contributed by atoms with Crippen LogP contribution in [0.3, 0.4) is 0 Å². The van der Waals surface area contributed by atoms with E-state index in [-0.39, 0.29) is 0 Å². The third-order valence-electron chi connectivity index (χ3n) is 3.88. The Morgan fingerprint density at radius 1 is 1.33 bits per heavy atom. The van der Waals surface area contributed by atoms with E-state index >= 15 is 0 Å². The van der Waals surface area contributed by atoms with Crippen molar-refractivity contribution in [2.45, 2.75) is 51.5 Å². The summed E-state index contributed by atoms with van der Waals surface area (Å²) in [6.45, 7) is 2.13. The van der Waals surface area contributed by atoms with Crippen LogP contribution < -0.4 is 5.73 Å². The van der Waals surface area contributed by atoms with Crippen molar-refractivity contribution in [3.63, 3.8) is 0 Å². The van der Waals surface area contributed by atoms with Gasteiger partial charge in [0.15, 0.2) is 0 Å². The molecule has 0 saturated heterocycles. The zero-order chi connectivity index (χ0) is 8.55. The van der Waals surface area contributed by atoms with Crippen LogP contribution in [-0.2, 0) is 0 Å². The standard InChI is InChI=1S/C11H21N/c1-8(12)2-4-10-6-9-3-5-11(10)7-9/h8-11H,2-7,12H2,1H3/t8-,9?,10?,11?/m0/s1. The summed E-state index contributed by atoms with van der Waals surface area (Å²) in [5.41, 5.74) is 5.77. The lowest BCUT2D eigenvalue weighted by Gasteiger charge is -2.22. The SMILES string of the molecule is C[C@H](N)CCC1CC2CCC1C2. The Balaban J connectivity index is 1.76. The van der Waals surface area contributed by atoms with Crippen molar-refractivity contribution < 1.29 is 0 Å². The lowest BCUT2D eigenvalue weighted by atomic mass is 9.85. The van der Waals surface area contributed by atoms with E-state index in [1.54, 1.807) is 6.42 Å². The molecule has 0 radical (unpaired) electrons. The van der Waals surface area contributed by atoms with Crippen LogP contribution in [0.1, 0.15) is 45.4 Å². The van der Waals surface area contributed by atoms with Crippen LogP contribution in [0.2, 0.25) is 0 Å². The lowest BCUT2D eigenvalue weighted by Crippen LogP contribution is -2.18. The maximum absolute atomic E-state index is 5.77. The highest BCUT2D eigenvalue weighted by Gasteiger charge is 2.38. The van der Waals surface area contributed by atoms with E-state index in [1.807, 2.05) is 0 Å². The molecule has 3 unspecified atom stereocenters. The van der Waals surface area contributed by atoms with E-state index < -0.39 is 0 Å². The predicted molar refractivity (Wildman–Crippen MR) is 51.8 cm³/mol. The summed E-state index contributed by atoms with van der Waals surface area (Å²) in [5.74, 6) is 3.25. The van der Waals surface area contributed by atoms with Crippen LogP contribution in [0.15, 0.2) is 0 Å². The highest BCUT2D eigenvalue weighted by Crippen LogP contribution is 2.49. The molecule has 2 aliphatic rings. The van der Waals surface area contributed by atoms with E-state index in [9.17, 15) is 0 Å². The molecule has 0 spiro atoms. The maximum atomic E-state index is 5.77. The molecule has 2 N–H and O–H groups in total. The van der Waals surface area contributed by atoms with Crippen molar-refractivity contribution in [1.82, 2.24) is 0 Å². The average molecular weight is 167 g/mol. The van der Waals surface area contributed by atoms with Crippen LogP contribution in [0.4, 0.5) is 0 Å². The summed E-state index contributed by atoms with van der Waals surface area (Å²) in [4.78, 5) is 0. The topological polar surface area (TPSA) is 26.0 Å². The predicted octanol–water partition coefficient (Wildman–Crippen LogP) is 2.55. The van der Waals surface area contributed by atoms with Crippen LogP contribution >= 0.6 is 0 Å². The van der Waals surface area contributed by atoms with Gasteiger partial charge in [-0.05, 0) is 56.8 Å². The van der Waals surface area contributed by atoms with Gasteiger partial charge in [-0.25, -0.2) is 0 Å². The summed E-state index contributed by atoms with van der Waals surface area (Å²) < 4.78 is 0. The minimum absolute atomic E-state index is 0.420. The third-order valence-corrected chi connectivity index (χ3v) is 3.88. The number of hydrogen-bond donors (Lipinski definition) is 1. The van der Waals surface area contributed by atoms with Gasteiger partial charge in [0.1, 0.15) is 0 Å². The van der Waals surface area contributed by atoms with Crippen molar-refractivity contribution in [2.24, 2.45) is 23.5 Å². The summed E-state index contributed by atoms with van der Waals surface area (Å²) in [6, 6.07) is 0.420. The Bertz CT molecular complexity index is 153. The lowest BCUT2D eigenvalue weighted by molar-refractivity contribution is 0.302. The molecule has 0 aromatic heterocycles. The number of nitrogens with two attached hydrogens (primary N) is 1. The fourth-order valence-corrected chi connectivity index (χ4v) is 3.21. The largest absolute Gasteiger partial charge is 0.328 e. The number of hydrogen-bond acceptors (Lipinski definition) is 1. The minimum Gasteiger partial charge on any atom is -0.328 e. The smallest absolute Gasteiger partial charge is 0.00105 e. The van der Waals surface area contributed by atoms with Gasteiger partial charge < -0.3 is 5.73 Å². The molecule has 1 nitrogen and oxygen atoms in total. The Morgan fingerprint density at radius 2 is 2.17 bits per heavy atom. The van der Waals surface area contributed by atoms with Crippen LogP contribution in [-0.4, -0.2) is 6.04 Å². The van der Waals surface area contributed by atoms with Gasteiger partial charge in [-0.15, -0.1) is 0 Å². The zero-order valence-corrected chi connectivity index (χ0v) is 8.13. The van der Waals surface area contributed by atoms with Crippen LogP contribution in [0.25, 0.3) is 0 Å². The second kappa shape index (κ2) is 3.37. The van der Waals surface area contributed by atoms with Gasteiger partial charge in [0.05, 0.1) is 0 Å². The Hall–Kier alpha value is -0.0400. The highest BCUT2D eigenvalue weighted by atomic mass is 14.6. The third kappa shape index (κ3) is 1.66. The summed E-state index contributed by atoms with van der Waals surface area (Å²) in [7, 11) is 0. The molecule has 2 fully saturated rings. The second-order valence-electron chi connectivity index (χ2n) is 4.99. The van der Waals surface area contributed by atoms with Crippen molar-refractivity contribution >= 4 is 0 Å². The highest BCUT2D eigenvalue weighted by molar-refractivity contribution is 4.89. The molecule has 12 heavy (non-hydrogen) atoms. The first kappa shape index (κ1) is 8.55. The molecule has 0 amide bonds. The molecule has 1 heteroatoms. The quantitative estimate of drug-likeness (QED) is 0.687. The molecule has 2 bridgehead atoms. The van der Waals surface area contributed by atoms with Crippen LogP contribution in [0, 0.1) is 17.8 Å². The fraction of sp³-hybridized carbons (Fsp3) is 1.00. The number of fused-ring (bicyclic) bond motifs is 2. The molecule has 0 aliphatic heterocycles. The first-order valence-corrected chi connectivity index (χ1v) is 5.51. The molecule has 2 rings (SSSR count). The molecule has 2 saturated carbocycles.